The Morgan fingerprint density at radius 3 is 1.33 bits per heavy atom. The highest BCUT2D eigenvalue weighted by Gasteiger charge is 2.57. The van der Waals surface area contributed by atoms with Crippen molar-refractivity contribution in [3.05, 3.63) is 0 Å². The molecule has 0 atom stereocenters. The van der Waals surface area contributed by atoms with Gasteiger partial charge in [-0.3, -0.25) is 0 Å². The standard InChI is InChI=1S/C8H18N4/c1-11-3-7(9)5-12(2)6-8(7,10)4-11/h3-6,9-10H2,1-2H3. The minimum Gasteiger partial charge on any atom is -0.321 e. The number of likely N-dealkylation sites (tertiary alicyclic amines) is 2. The van der Waals surface area contributed by atoms with E-state index in [9.17, 15) is 0 Å². The van der Waals surface area contributed by atoms with Gasteiger partial charge < -0.3 is 21.3 Å². The zero-order valence-corrected chi connectivity index (χ0v) is 7.88. The largest absolute Gasteiger partial charge is 0.321 e. The Bertz CT molecular complexity index is 169. The summed E-state index contributed by atoms with van der Waals surface area (Å²) in [5, 5.41) is 0. The molecular weight excluding hydrogens is 152 g/mol. The van der Waals surface area contributed by atoms with Crippen LogP contribution in [-0.2, 0) is 0 Å². The maximum absolute atomic E-state index is 6.27. The molecule has 4 nitrogen and oxygen atoms in total. The quantitative estimate of drug-likeness (QED) is 0.454. The molecule has 12 heavy (non-hydrogen) atoms. The number of rotatable bonds is 0. The lowest BCUT2D eigenvalue weighted by atomic mass is 9.85. The molecule has 0 aromatic rings. The van der Waals surface area contributed by atoms with Crippen LogP contribution >= 0.6 is 0 Å². The lowest BCUT2D eigenvalue weighted by Gasteiger charge is -2.30. The molecule has 0 spiro atoms. The van der Waals surface area contributed by atoms with Crippen LogP contribution in [0, 0.1) is 0 Å². The summed E-state index contributed by atoms with van der Waals surface area (Å²) in [4.78, 5) is 4.46. The first-order chi connectivity index (χ1) is 5.45. The normalized spacial score (nSPS) is 50.0. The third-order valence-corrected chi connectivity index (χ3v) is 3.20. The fourth-order valence-corrected chi connectivity index (χ4v) is 2.77. The van der Waals surface area contributed by atoms with E-state index in [1.54, 1.807) is 0 Å². The SMILES string of the molecule is CN1CC2(N)CN(C)CC2(N)C1. The van der Waals surface area contributed by atoms with Gasteiger partial charge in [-0.15, -0.1) is 0 Å². The molecule has 2 rings (SSSR count). The monoisotopic (exact) mass is 170 g/mol. The molecule has 70 valence electrons. The summed E-state index contributed by atoms with van der Waals surface area (Å²) in [5.41, 5.74) is 12.2. The minimum atomic E-state index is -0.184. The molecule has 2 fully saturated rings. The fraction of sp³-hybridized carbons (Fsp3) is 1.00. The Morgan fingerprint density at radius 1 is 0.833 bits per heavy atom. The van der Waals surface area contributed by atoms with Gasteiger partial charge in [0.1, 0.15) is 0 Å². The van der Waals surface area contributed by atoms with E-state index in [0.29, 0.717) is 0 Å². The average Bonchev–Trinajstić information content (AvgIpc) is 2.09. The molecule has 2 saturated heterocycles. The van der Waals surface area contributed by atoms with Gasteiger partial charge in [0.2, 0.25) is 0 Å². The number of fused-ring (bicyclic) bond motifs is 1. The molecule has 0 saturated carbocycles. The second-order valence-corrected chi connectivity index (χ2v) is 4.66. The maximum Gasteiger partial charge on any atom is 0.0619 e. The molecule has 2 aliphatic heterocycles. The van der Waals surface area contributed by atoms with Crippen molar-refractivity contribution in [1.29, 1.82) is 0 Å². The molecule has 4 N–H and O–H groups in total. The lowest BCUT2D eigenvalue weighted by Crippen LogP contribution is -2.64. The molecule has 0 aromatic heterocycles. The molecule has 2 aliphatic rings. The van der Waals surface area contributed by atoms with Crippen molar-refractivity contribution in [1.82, 2.24) is 9.80 Å². The van der Waals surface area contributed by atoms with Gasteiger partial charge in [-0.25, -0.2) is 0 Å². The molecular formula is C8H18N4. The van der Waals surface area contributed by atoms with Gasteiger partial charge in [0.25, 0.3) is 0 Å². The molecule has 0 radical (unpaired) electrons. The Kier molecular flexibility index (Phi) is 1.55. The third-order valence-electron chi connectivity index (χ3n) is 3.20. The van der Waals surface area contributed by atoms with E-state index >= 15 is 0 Å². The second kappa shape index (κ2) is 2.20. The summed E-state index contributed by atoms with van der Waals surface area (Å²) in [6, 6.07) is 0. The summed E-state index contributed by atoms with van der Waals surface area (Å²) in [5.74, 6) is 0. The number of nitrogens with zero attached hydrogens (tertiary/aromatic N) is 2. The summed E-state index contributed by atoms with van der Waals surface area (Å²) in [6.07, 6.45) is 0. The lowest BCUT2D eigenvalue weighted by molar-refractivity contribution is 0.301. The molecule has 0 aromatic carbocycles. The smallest absolute Gasteiger partial charge is 0.0619 e. The highest BCUT2D eigenvalue weighted by Crippen LogP contribution is 2.33. The highest BCUT2D eigenvalue weighted by atomic mass is 15.3. The van der Waals surface area contributed by atoms with Crippen LogP contribution in [-0.4, -0.2) is 61.2 Å². The highest BCUT2D eigenvalue weighted by molar-refractivity contribution is 5.21. The van der Waals surface area contributed by atoms with Gasteiger partial charge in [0.15, 0.2) is 0 Å². The van der Waals surface area contributed by atoms with E-state index in [-0.39, 0.29) is 11.1 Å². The molecule has 2 heterocycles. The first-order valence-electron chi connectivity index (χ1n) is 4.40. The van der Waals surface area contributed by atoms with Crippen molar-refractivity contribution < 1.29 is 0 Å². The van der Waals surface area contributed by atoms with Crippen molar-refractivity contribution in [2.45, 2.75) is 11.1 Å². The Morgan fingerprint density at radius 2 is 1.08 bits per heavy atom. The maximum atomic E-state index is 6.27. The molecule has 0 aliphatic carbocycles. The Labute approximate surface area is 73.5 Å². The van der Waals surface area contributed by atoms with Crippen LogP contribution in [0.1, 0.15) is 0 Å². The van der Waals surface area contributed by atoms with Gasteiger partial charge in [-0.2, -0.15) is 0 Å². The van der Waals surface area contributed by atoms with Crippen LogP contribution in [0.2, 0.25) is 0 Å². The fourth-order valence-electron chi connectivity index (χ4n) is 2.77. The van der Waals surface area contributed by atoms with Crippen LogP contribution in [0.4, 0.5) is 0 Å². The summed E-state index contributed by atoms with van der Waals surface area (Å²) in [6.45, 7) is 3.70. The summed E-state index contributed by atoms with van der Waals surface area (Å²) in [7, 11) is 4.17. The zero-order chi connectivity index (χ0) is 8.98. The van der Waals surface area contributed by atoms with E-state index in [1.807, 2.05) is 0 Å². The number of hydrogen-bond donors (Lipinski definition) is 2. The minimum absolute atomic E-state index is 0.184. The molecule has 0 amide bonds. The second-order valence-electron chi connectivity index (χ2n) is 4.66. The van der Waals surface area contributed by atoms with Crippen LogP contribution in [0.3, 0.4) is 0 Å². The van der Waals surface area contributed by atoms with E-state index in [2.05, 4.69) is 23.9 Å². The average molecular weight is 170 g/mol. The zero-order valence-electron chi connectivity index (χ0n) is 7.88. The van der Waals surface area contributed by atoms with Gasteiger partial charge >= 0.3 is 0 Å². The first kappa shape index (κ1) is 8.44. The number of likely N-dealkylation sites (N-methyl/N-ethyl adjacent to an activating group) is 2. The van der Waals surface area contributed by atoms with Crippen LogP contribution in [0.25, 0.3) is 0 Å². The number of nitrogens with two attached hydrogens (primary N) is 2. The van der Waals surface area contributed by atoms with Crippen molar-refractivity contribution in [2.75, 3.05) is 40.3 Å². The molecule has 0 bridgehead atoms. The van der Waals surface area contributed by atoms with Gasteiger partial charge in [0, 0.05) is 26.2 Å². The molecule has 0 unspecified atom stereocenters. The van der Waals surface area contributed by atoms with Crippen LogP contribution in [0.5, 0.6) is 0 Å². The topological polar surface area (TPSA) is 58.5 Å². The summed E-state index contributed by atoms with van der Waals surface area (Å²) < 4.78 is 0. The van der Waals surface area contributed by atoms with E-state index in [1.165, 1.54) is 0 Å². The predicted octanol–water partition coefficient (Wildman–Crippen LogP) is -1.73. The van der Waals surface area contributed by atoms with Crippen molar-refractivity contribution in [2.24, 2.45) is 11.5 Å². The van der Waals surface area contributed by atoms with Crippen molar-refractivity contribution in [3.8, 4) is 0 Å². The van der Waals surface area contributed by atoms with Crippen LogP contribution in [0.15, 0.2) is 0 Å². The Hall–Kier alpha value is -0.160. The van der Waals surface area contributed by atoms with Gasteiger partial charge in [-0.05, 0) is 14.1 Å². The van der Waals surface area contributed by atoms with E-state index < -0.39 is 0 Å². The van der Waals surface area contributed by atoms with E-state index in [4.69, 9.17) is 11.5 Å². The Balaban J connectivity index is 2.27. The van der Waals surface area contributed by atoms with E-state index in [0.717, 1.165) is 26.2 Å². The predicted molar refractivity (Wildman–Crippen MR) is 48.8 cm³/mol. The molecule has 4 heteroatoms. The van der Waals surface area contributed by atoms with Gasteiger partial charge in [0.05, 0.1) is 11.1 Å². The van der Waals surface area contributed by atoms with Crippen molar-refractivity contribution in [3.63, 3.8) is 0 Å². The third kappa shape index (κ3) is 0.925. The van der Waals surface area contributed by atoms with Gasteiger partial charge in [-0.1, -0.05) is 0 Å². The first-order valence-corrected chi connectivity index (χ1v) is 4.40. The number of hydrogen-bond acceptors (Lipinski definition) is 4. The summed E-state index contributed by atoms with van der Waals surface area (Å²) >= 11 is 0. The van der Waals surface area contributed by atoms with Crippen molar-refractivity contribution >= 4 is 0 Å². The van der Waals surface area contributed by atoms with Crippen LogP contribution < -0.4 is 11.5 Å².